The summed E-state index contributed by atoms with van der Waals surface area (Å²) in [5, 5.41) is 52.3. The first-order valence-electron chi connectivity index (χ1n) is 8.52. The highest BCUT2D eigenvalue weighted by atomic mass is 16.4. The Kier molecular flexibility index (Phi) is 4.07. The van der Waals surface area contributed by atoms with Crippen molar-refractivity contribution < 1.29 is 30.0 Å². The van der Waals surface area contributed by atoms with E-state index in [2.05, 4.69) is 7.05 Å². The summed E-state index contributed by atoms with van der Waals surface area (Å²) in [5.74, 6) is 0. The van der Waals surface area contributed by atoms with Crippen molar-refractivity contribution in [1.29, 1.82) is 0 Å². The van der Waals surface area contributed by atoms with E-state index in [0.717, 1.165) is 30.4 Å². The number of likely N-dealkylation sites (tertiary alicyclic amines) is 1. The highest BCUT2D eigenvalue weighted by molar-refractivity contribution is 5.13. The molecule has 1 saturated heterocycles. The number of fused-ring (bicyclic) bond motifs is 1. The van der Waals surface area contributed by atoms with Crippen LogP contribution >= 0.6 is 0 Å². The van der Waals surface area contributed by atoms with Crippen molar-refractivity contribution in [2.24, 2.45) is 0 Å². The molecule has 6 heteroatoms. The van der Waals surface area contributed by atoms with Crippen LogP contribution in [0.5, 0.6) is 0 Å². The Morgan fingerprint density at radius 3 is 1.73 bits per heavy atom. The molecule has 2 aliphatic carbocycles. The maximum atomic E-state index is 11.0. The first-order valence-corrected chi connectivity index (χ1v) is 8.52. The van der Waals surface area contributed by atoms with E-state index >= 15 is 0 Å². The van der Waals surface area contributed by atoms with Crippen molar-refractivity contribution in [2.75, 3.05) is 20.1 Å². The van der Waals surface area contributed by atoms with E-state index in [0.29, 0.717) is 0 Å². The summed E-state index contributed by atoms with van der Waals surface area (Å²) in [4.78, 5) is 0. The second-order valence-corrected chi connectivity index (χ2v) is 8.14. The molecule has 0 aromatic rings. The Balaban J connectivity index is 1.86. The van der Waals surface area contributed by atoms with Gasteiger partial charge in [-0.15, -0.1) is 0 Å². The van der Waals surface area contributed by atoms with Crippen molar-refractivity contribution in [1.82, 2.24) is 0 Å². The minimum atomic E-state index is -1.52. The third-order valence-electron chi connectivity index (χ3n) is 6.58. The Morgan fingerprint density at radius 1 is 0.727 bits per heavy atom. The lowest BCUT2D eigenvalue weighted by molar-refractivity contribution is -0.943. The SMILES string of the molecule is C[N+]1(C2CC3(O)CC(O)C(O)CC3(O)CC2O)CCCCC1. The molecule has 3 rings (SSSR count). The Hall–Kier alpha value is -0.240. The average molecular weight is 316 g/mol. The molecular formula is C16H30NO5+. The van der Waals surface area contributed by atoms with Crippen molar-refractivity contribution >= 4 is 0 Å². The summed E-state index contributed by atoms with van der Waals surface area (Å²) in [6.45, 7) is 1.95. The van der Waals surface area contributed by atoms with E-state index in [-0.39, 0.29) is 31.7 Å². The zero-order valence-electron chi connectivity index (χ0n) is 13.4. The summed E-state index contributed by atoms with van der Waals surface area (Å²) >= 11 is 0. The number of quaternary nitrogens is 1. The fraction of sp³-hybridized carbons (Fsp3) is 1.00. The monoisotopic (exact) mass is 316 g/mol. The van der Waals surface area contributed by atoms with Gasteiger partial charge in [0.05, 0.1) is 37.9 Å². The van der Waals surface area contributed by atoms with E-state index in [1.165, 1.54) is 6.42 Å². The first kappa shape index (κ1) is 16.6. The molecule has 1 heterocycles. The number of rotatable bonds is 1. The maximum Gasteiger partial charge on any atom is 0.118 e. The summed E-state index contributed by atoms with van der Waals surface area (Å²) in [7, 11) is 2.12. The van der Waals surface area contributed by atoms with Crippen LogP contribution in [0.15, 0.2) is 0 Å². The molecule has 0 spiro atoms. The molecule has 2 saturated carbocycles. The van der Waals surface area contributed by atoms with Gasteiger partial charge in [-0.25, -0.2) is 0 Å². The van der Waals surface area contributed by atoms with Gasteiger partial charge in [-0.3, -0.25) is 0 Å². The molecule has 128 valence electrons. The number of likely N-dealkylation sites (N-methyl/N-ethyl adjacent to an activating group) is 1. The van der Waals surface area contributed by atoms with Crippen molar-refractivity contribution in [3.8, 4) is 0 Å². The van der Waals surface area contributed by atoms with Crippen molar-refractivity contribution in [2.45, 2.75) is 80.5 Å². The lowest BCUT2D eigenvalue weighted by Crippen LogP contribution is -2.73. The second-order valence-electron chi connectivity index (χ2n) is 8.14. The van der Waals surface area contributed by atoms with Crippen LogP contribution in [-0.4, -0.2) is 85.7 Å². The van der Waals surface area contributed by atoms with Crippen molar-refractivity contribution in [3.05, 3.63) is 0 Å². The molecule has 6 atom stereocenters. The molecule has 3 fully saturated rings. The molecule has 6 nitrogen and oxygen atoms in total. The zero-order chi connectivity index (χ0) is 16.2. The van der Waals surface area contributed by atoms with Crippen LogP contribution in [0, 0.1) is 0 Å². The number of hydrogen-bond acceptors (Lipinski definition) is 5. The van der Waals surface area contributed by atoms with Gasteiger partial charge in [0.15, 0.2) is 0 Å². The molecule has 5 N–H and O–H groups in total. The molecule has 6 unspecified atom stereocenters. The standard InChI is InChI=1S/C16H30NO5/c1-17(5-3-2-4-6-17)11-7-15(21)9-13(19)14(20)10-16(15,22)8-12(11)18/h11-14,18-22H,2-10H2,1H3/q+1. The zero-order valence-corrected chi connectivity index (χ0v) is 13.4. The topological polar surface area (TPSA) is 101 Å². The van der Waals surface area contributed by atoms with Gasteiger partial charge in [0, 0.05) is 25.7 Å². The number of nitrogens with zero attached hydrogens (tertiary/aromatic N) is 1. The van der Waals surface area contributed by atoms with Gasteiger partial charge in [-0.2, -0.15) is 0 Å². The average Bonchev–Trinajstić information content (AvgIpc) is 2.42. The normalized spacial score (nSPS) is 52.1. The molecule has 0 amide bonds. The van der Waals surface area contributed by atoms with Crippen LogP contribution < -0.4 is 0 Å². The first-order chi connectivity index (χ1) is 10.2. The van der Waals surface area contributed by atoms with E-state index in [1.54, 1.807) is 0 Å². The molecule has 1 aliphatic heterocycles. The second kappa shape index (κ2) is 5.40. The summed E-state index contributed by atoms with van der Waals surface area (Å²) < 4.78 is 0.720. The number of piperidine rings is 1. The summed E-state index contributed by atoms with van der Waals surface area (Å²) in [6.07, 6.45) is 0.879. The minimum absolute atomic E-state index is 0.0338. The van der Waals surface area contributed by atoms with Crippen LogP contribution in [0.2, 0.25) is 0 Å². The van der Waals surface area contributed by atoms with Crippen LogP contribution in [0.25, 0.3) is 0 Å². The lowest BCUT2D eigenvalue weighted by atomic mass is 9.60. The third-order valence-corrected chi connectivity index (χ3v) is 6.58. The number of aliphatic hydroxyl groups excluding tert-OH is 3. The summed E-state index contributed by atoms with van der Waals surface area (Å²) in [6, 6.07) is -0.131. The van der Waals surface area contributed by atoms with Crippen LogP contribution in [0.1, 0.15) is 44.9 Å². The predicted molar refractivity (Wildman–Crippen MR) is 79.9 cm³/mol. The Bertz CT molecular complexity index is 427. The smallest absolute Gasteiger partial charge is 0.118 e. The Labute approximate surface area is 131 Å². The molecule has 22 heavy (non-hydrogen) atoms. The fourth-order valence-electron chi connectivity index (χ4n) is 5.06. The lowest BCUT2D eigenvalue weighted by Gasteiger charge is -2.58. The minimum Gasteiger partial charge on any atom is -0.390 e. The maximum absolute atomic E-state index is 11.0. The van der Waals surface area contributed by atoms with E-state index in [4.69, 9.17) is 0 Å². The highest BCUT2D eigenvalue weighted by Crippen LogP contribution is 2.49. The van der Waals surface area contributed by atoms with Gasteiger partial charge in [-0.05, 0) is 19.3 Å². The van der Waals surface area contributed by atoms with Gasteiger partial charge < -0.3 is 30.0 Å². The molecule has 3 aliphatic rings. The largest absolute Gasteiger partial charge is 0.390 e. The van der Waals surface area contributed by atoms with Gasteiger partial charge in [0.2, 0.25) is 0 Å². The number of hydrogen-bond donors (Lipinski definition) is 5. The summed E-state index contributed by atoms with van der Waals surface area (Å²) in [5.41, 5.74) is -2.95. The van der Waals surface area contributed by atoms with Crippen LogP contribution in [0.3, 0.4) is 0 Å². The van der Waals surface area contributed by atoms with Gasteiger partial charge in [0.1, 0.15) is 17.7 Å². The van der Waals surface area contributed by atoms with Gasteiger partial charge in [0.25, 0.3) is 0 Å². The molecule has 0 aromatic carbocycles. The fourth-order valence-corrected chi connectivity index (χ4v) is 5.06. The van der Waals surface area contributed by atoms with Gasteiger partial charge in [-0.1, -0.05) is 0 Å². The number of aliphatic hydroxyl groups is 5. The molecule has 0 radical (unpaired) electrons. The van der Waals surface area contributed by atoms with Crippen molar-refractivity contribution in [3.63, 3.8) is 0 Å². The highest BCUT2D eigenvalue weighted by Gasteiger charge is 2.63. The van der Waals surface area contributed by atoms with E-state index in [9.17, 15) is 25.5 Å². The molecule has 0 bridgehead atoms. The van der Waals surface area contributed by atoms with E-state index < -0.39 is 29.5 Å². The molecule has 0 aromatic heterocycles. The van der Waals surface area contributed by atoms with Crippen LogP contribution in [0.4, 0.5) is 0 Å². The molecular weight excluding hydrogens is 286 g/mol. The predicted octanol–water partition coefficient (Wildman–Crippen LogP) is -0.882. The Morgan fingerprint density at radius 2 is 1.18 bits per heavy atom. The third kappa shape index (κ3) is 2.50. The van der Waals surface area contributed by atoms with Gasteiger partial charge >= 0.3 is 0 Å². The quantitative estimate of drug-likeness (QED) is 0.404. The van der Waals surface area contributed by atoms with Crippen LogP contribution in [-0.2, 0) is 0 Å². The van der Waals surface area contributed by atoms with E-state index in [1.807, 2.05) is 0 Å².